The van der Waals surface area contributed by atoms with Gasteiger partial charge in [0, 0.05) is 15.0 Å². The molecule has 0 aliphatic carbocycles. The van der Waals surface area contributed by atoms with Gasteiger partial charge in [0.15, 0.2) is 0 Å². The Kier molecular flexibility index (Phi) is 5.34. The summed E-state index contributed by atoms with van der Waals surface area (Å²) in [4.78, 5) is 1.04. The van der Waals surface area contributed by atoms with E-state index in [1.807, 2.05) is 18.2 Å². The lowest BCUT2D eigenvalue weighted by atomic mass is 10.1. The molecule has 0 aliphatic heterocycles. The first-order valence-electron chi connectivity index (χ1n) is 6.97. The number of hydrogen-bond acceptors (Lipinski definition) is 3. The van der Waals surface area contributed by atoms with E-state index in [1.54, 1.807) is 11.3 Å². The number of aromatic hydroxyl groups is 1. The van der Waals surface area contributed by atoms with Crippen LogP contribution in [0.3, 0.4) is 0 Å². The predicted octanol–water partition coefficient (Wildman–Crippen LogP) is 5.85. The predicted molar refractivity (Wildman–Crippen MR) is 86.8 cm³/mol. The lowest BCUT2D eigenvalue weighted by Crippen LogP contribution is -1.87. The third-order valence-electron chi connectivity index (χ3n) is 3.35. The van der Waals surface area contributed by atoms with Gasteiger partial charge in [0.1, 0.15) is 5.75 Å². The van der Waals surface area contributed by atoms with Crippen molar-refractivity contribution < 1.29 is 5.11 Å². The van der Waals surface area contributed by atoms with Gasteiger partial charge in [-0.15, -0.1) is 11.3 Å². The van der Waals surface area contributed by atoms with E-state index in [4.69, 9.17) is 12.2 Å². The molecule has 102 valence electrons. The van der Waals surface area contributed by atoms with Crippen LogP contribution in [-0.2, 0) is 6.42 Å². The number of fused-ring (bicyclic) bond motifs is 1. The molecule has 0 fully saturated rings. The van der Waals surface area contributed by atoms with E-state index < -0.39 is 0 Å². The zero-order valence-electron chi connectivity index (χ0n) is 11.3. The van der Waals surface area contributed by atoms with Gasteiger partial charge in [-0.25, -0.2) is 0 Å². The summed E-state index contributed by atoms with van der Waals surface area (Å²) >= 11 is 7.03. The van der Waals surface area contributed by atoms with E-state index >= 15 is 0 Å². The fraction of sp³-hybridized carbons (Fsp3) is 0.438. The summed E-state index contributed by atoms with van der Waals surface area (Å²) in [6, 6.07) is 8.05. The van der Waals surface area contributed by atoms with E-state index in [-0.39, 0.29) is 0 Å². The lowest BCUT2D eigenvalue weighted by Gasteiger charge is -2.06. The Hall–Kier alpha value is -0.930. The second-order valence-electron chi connectivity index (χ2n) is 4.86. The second-order valence-corrected chi connectivity index (χ2v) is 6.41. The molecule has 2 aromatic rings. The highest BCUT2D eigenvalue weighted by molar-refractivity contribution is 7.71. The van der Waals surface area contributed by atoms with Crippen LogP contribution in [0.1, 0.15) is 43.9 Å². The molecule has 3 heteroatoms. The highest BCUT2D eigenvalue weighted by Crippen LogP contribution is 2.33. The van der Waals surface area contributed by atoms with Crippen molar-refractivity contribution in [2.24, 2.45) is 0 Å². The van der Waals surface area contributed by atoms with Gasteiger partial charge >= 0.3 is 0 Å². The largest absolute Gasteiger partial charge is 0.505 e. The Morgan fingerprint density at radius 1 is 1.11 bits per heavy atom. The fourth-order valence-corrected chi connectivity index (χ4v) is 3.80. The lowest BCUT2D eigenvalue weighted by molar-refractivity contribution is 0.467. The summed E-state index contributed by atoms with van der Waals surface area (Å²) < 4.78 is 1.78. The molecular formula is C16H20OS2. The second kappa shape index (κ2) is 7.01. The van der Waals surface area contributed by atoms with Crippen LogP contribution in [-0.4, -0.2) is 5.11 Å². The van der Waals surface area contributed by atoms with Gasteiger partial charge in [0.25, 0.3) is 0 Å². The van der Waals surface area contributed by atoms with Crippen LogP contribution in [0.4, 0.5) is 0 Å². The van der Waals surface area contributed by atoms with E-state index in [1.165, 1.54) is 30.4 Å². The zero-order valence-corrected chi connectivity index (χ0v) is 12.9. The summed E-state index contributed by atoms with van der Waals surface area (Å²) in [6.07, 6.45) is 7.17. The van der Waals surface area contributed by atoms with Crippen LogP contribution in [0.5, 0.6) is 5.75 Å². The SMILES string of the molecule is CCCCCCCc1sc2ccccc2c(=S)c1O. The molecule has 19 heavy (non-hydrogen) atoms. The van der Waals surface area contributed by atoms with Crippen LogP contribution >= 0.6 is 23.6 Å². The van der Waals surface area contributed by atoms with E-state index in [0.29, 0.717) is 10.3 Å². The molecule has 0 bridgehead atoms. The summed E-state index contributed by atoms with van der Waals surface area (Å²) in [7, 11) is 0. The molecule has 1 nitrogen and oxygen atoms in total. The average Bonchev–Trinajstić information content (AvgIpc) is 2.44. The van der Waals surface area contributed by atoms with Crippen molar-refractivity contribution in [3.05, 3.63) is 33.7 Å². The van der Waals surface area contributed by atoms with E-state index in [0.717, 1.165) is 23.1 Å². The Balaban J connectivity index is 2.15. The minimum absolute atomic E-state index is 0.328. The van der Waals surface area contributed by atoms with Gasteiger partial charge < -0.3 is 5.11 Å². The van der Waals surface area contributed by atoms with Crippen LogP contribution in [0.2, 0.25) is 0 Å². The maximum Gasteiger partial charge on any atom is 0.147 e. The van der Waals surface area contributed by atoms with Crippen molar-refractivity contribution in [2.75, 3.05) is 0 Å². The molecule has 1 aromatic carbocycles. The van der Waals surface area contributed by atoms with Crippen LogP contribution < -0.4 is 0 Å². The number of benzene rings is 1. The van der Waals surface area contributed by atoms with E-state index in [2.05, 4.69) is 13.0 Å². The summed E-state index contributed by atoms with van der Waals surface area (Å²) in [5.74, 6) is 0.328. The summed E-state index contributed by atoms with van der Waals surface area (Å²) in [6.45, 7) is 2.22. The normalized spacial score (nSPS) is 11.0. The minimum atomic E-state index is 0.328. The summed E-state index contributed by atoms with van der Waals surface area (Å²) in [5, 5.41) is 11.2. The topological polar surface area (TPSA) is 20.2 Å². The highest BCUT2D eigenvalue weighted by atomic mass is 32.1. The number of aryl methyl sites for hydroxylation is 1. The smallest absolute Gasteiger partial charge is 0.147 e. The Labute approximate surface area is 123 Å². The third-order valence-corrected chi connectivity index (χ3v) is 4.98. The standard InChI is InChI=1S/C16H20OS2/c1-2-3-4-5-6-11-14-15(17)16(18)12-9-7-8-10-13(12)19-14/h7-10,17H,2-6,11H2,1H3. The molecular weight excluding hydrogens is 272 g/mol. The minimum Gasteiger partial charge on any atom is -0.505 e. The van der Waals surface area contributed by atoms with Crippen molar-refractivity contribution in [1.82, 2.24) is 0 Å². The molecule has 2 rings (SSSR count). The quantitative estimate of drug-likeness (QED) is 0.532. The van der Waals surface area contributed by atoms with Crippen molar-refractivity contribution in [1.29, 1.82) is 0 Å². The molecule has 0 saturated carbocycles. The fourth-order valence-electron chi connectivity index (χ4n) is 2.24. The molecule has 0 atom stereocenters. The maximum atomic E-state index is 10.2. The number of rotatable bonds is 6. The van der Waals surface area contributed by atoms with Gasteiger partial charge in [-0.3, -0.25) is 0 Å². The maximum absolute atomic E-state index is 10.2. The number of hydrogen-bond donors (Lipinski definition) is 1. The van der Waals surface area contributed by atoms with Gasteiger partial charge in [0.05, 0.1) is 4.51 Å². The Morgan fingerprint density at radius 2 is 1.84 bits per heavy atom. The zero-order chi connectivity index (χ0) is 13.7. The Bertz CT molecular complexity index is 601. The van der Waals surface area contributed by atoms with Crippen LogP contribution in [0.25, 0.3) is 10.1 Å². The first-order chi connectivity index (χ1) is 9.24. The molecule has 1 aromatic heterocycles. The molecule has 0 spiro atoms. The van der Waals surface area contributed by atoms with Gasteiger partial charge in [0.2, 0.25) is 0 Å². The third kappa shape index (κ3) is 3.54. The molecule has 0 saturated heterocycles. The molecule has 1 N–H and O–H groups in total. The van der Waals surface area contributed by atoms with Gasteiger partial charge in [-0.2, -0.15) is 0 Å². The molecule has 0 aliphatic rings. The average molecular weight is 292 g/mol. The van der Waals surface area contributed by atoms with Crippen molar-refractivity contribution >= 4 is 33.6 Å². The van der Waals surface area contributed by atoms with Crippen LogP contribution in [0.15, 0.2) is 24.3 Å². The summed E-state index contributed by atoms with van der Waals surface area (Å²) in [5.41, 5.74) is 0. The first-order valence-corrected chi connectivity index (χ1v) is 8.20. The molecule has 0 radical (unpaired) electrons. The molecule has 0 unspecified atom stereocenters. The Morgan fingerprint density at radius 3 is 2.63 bits per heavy atom. The van der Waals surface area contributed by atoms with E-state index in [9.17, 15) is 5.11 Å². The van der Waals surface area contributed by atoms with Crippen molar-refractivity contribution in [3.63, 3.8) is 0 Å². The molecule has 0 amide bonds. The van der Waals surface area contributed by atoms with Gasteiger partial charge in [-0.1, -0.05) is 63.0 Å². The number of unbranched alkanes of at least 4 members (excludes halogenated alkanes) is 4. The highest BCUT2D eigenvalue weighted by Gasteiger charge is 2.08. The monoisotopic (exact) mass is 292 g/mol. The van der Waals surface area contributed by atoms with Gasteiger partial charge in [-0.05, 0) is 18.9 Å². The molecule has 1 heterocycles. The van der Waals surface area contributed by atoms with Crippen LogP contribution in [0, 0.1) is 4.51 Å². The van der Waals surface area contributed by atoms with Crippen molar-refractivity contribution in [2.45, 2.75) is 45.4 Å². The first kappa shape index (κ1) is 14.5. The van der Waals surface area contributed by atoms with Crippen molar-refractivity contribution in [3.8, 4) is 5.75 Å².